The minimum absolute atomic E-state index is 0.0979. The number of hydrogen-bond acceptors (Lipinski definition) is 7. The number of piperidine rings is 1. The Balaban J connectivity index is 1.29. The lowest BCUT2D eigenvalue weighted by Gasteiger charge is -2.33. The Kier molecular flexibility index (Phi) is 9.07. The molecule has 2 aromatic carbocycles. The van der Waals surface area contributed by atoms with Gasteiger partial charge in [-0.05, 0) is 62.8 Å². The van der Waals surface area contributed by atoms with E-state index >= 15 is 0 Å². The van der Waals surface area contributed by atoms with E-state index in [2.05, 4.69) is 32.7 Å². The van der Waals surface area contributed by atoms with Crippen LogP contribution in [0.3, 0.4) is 0 Å². The number of primary amides is 1. The van der Waals surface area contributed by atoms with Crippen molar-refractivity contribution < 1.29 is 18.0 Å². The third-order valence-corrected chi connectivity index (χ3v) is 9.19. The number of anilines is 3. The molecule has 1 aliphatic carbocycles. The molecule has 3 heterocycles. The van der Waals surface area contributed by atoms with Gasteiger partial charge in [0.15, 0.2) is 5.65 Å². The highest BCUT2D eigenvalue weighted by Crippen LogP contribution is 2.42. The zero-order valence-electron chi connectivity index (χ0n) is 24.3. The number of nitrogens with two attached hydrogens (primary N) is 1. The number of aromatic nitrogens is 4. The lowest BCUT2D eigenvalue weighted by atomic mass is 9.85. The Hall–Kier alpha value is -3.61. The van der Waals surface area contributed by atoms with Gasteiger partial charge in [0.2, 0.25) is 17.8 Å². The molecule has 4 aromatic rings. The molecule has 1 amide bonds. The smallest absolute Gasteiger partial charge is 0.369 e. The van der Waals surface area contributed by atoms with Crippen molar-refractivity contribution in [2.75, 3.05) is 23.7 Å². The van der Waals surface area contributed by atoms with Gasteiger partial charge in [0, 0.05) is 31.1 Å². The number of nitrogens with zero attached hydrogens (tertiary/aromatic N) is 5. The predicted octanol–water partition coefficient (Wildman–Crippen LogP) is 7.19. The van der Waals surface area contributed by atoms with Gasteiger partial charge in [0.25, 0.3) is 0 Å². The van der Waals surface area contributed by atoms with Crippen molar-refractivity contribution in [2.24, 2.45) is 11.7 Å². The minimum atomic E-state index is -4.60. The van der Waals surface area contributed by atoms with Gasteiger partial charge < -0.3 is 16.4 Å². The monoisotopic (exact) mass is 660 g/mol. The van der Waals surface area contributed by atoms with E-state index in [1.807, 2.05) is 22.8 Å². The SMILES string of the molecule is NC(=O)[C@H]1CC[C@H](n2c(Nc3c(Cl)cc(C(F)(F)F)cc3Cl)nc3cnc(N[C@@H]4CCCN(Cc5ccccc5)C4)nc32)CC1. The maximum atomic E-state index is 13.4. The predicted molar refractivity (Wildman–Crippen MR) is 169 cm³/mol. The molecule has 238 valence electrons. The van der Waals surface area contributed by atoms with Gasteiger partial charge in [0.05, 0.1) is 27.5 Å². The van der Waals surface area contributed by atoms with E-state index in [9.17, 15) is 18.0 Å². The number of rotatable bonds is 8. The molecule has 1 atom stereocenters. The molecule has 45 heavy (non-hydrogen) atoms. The van der Waals surface area contributed by atoms with Gasteiger partial charge in [-0.1, -0.05) is 53.5 Å². The number of benzene rings is 2. The van der Waals surface area contributed by atoms with E-state index in [0.29, 0.717) is 48.7 Å². The number of carbonyl (C=O) groups is 1. The van der Waals surface area contributed by atoms with Gasteiger partial charge in [-0.2, -0.15) is 18.2 Å². The molecular formula is C31H33Cl2F3N8O. The Morgan fingerprint density at radius 1 is 1.02 bits per heavy atom. The minimum Gasteiger partial charge on any atom is -0.369 e. The third-order valence-electron chi connectivity index (χ3n) is 8.59. The first-order valence-electron chi connectivity index (χ1n) is 15.0. The zero-order chi connectivity index (χ0) is 31.7. The standard InChI is InChI=1S/C31H33Cl2F3N8O/c32-23-13-20(31(34,35)36)14-24(33)26(23)41-30-40-25-15-38-29(42-28(25)44(30)22-10-8-19(9-11-22)27(37)45)39-21-7-4-12-43(17-21)16-18-5-2-1-3-6-18/h1-3,5-6,13-15,19,21-22H,4,7-12,16-17H2,(H2,37,45)(H,40,41)(H,38,39,42)/t19-,21-,22-/m1/s1. The molecule has 1 saturated carbocycles. The van der Waals surface area contributed by atoms with Crippen LogP contribution in [-0.2, 0) is 17.5 Å². The van der Waals surface area contributed by atoms with E-state index < -0.39 is 11.7 Å². The average Bonchev–Trinajstić information content (AvgIpc) is 3.36. The van der Waals surface area contributed by atoms with E-state index in [4.69, 9.17) is 38.9 Å². The number of carbonyl (C=O) groups excluding carboxylic acids is 1. The molecule has 2 fully saturated rings. The van der Waals surface area contributed by atoms with Crippen LogP contribution in [0.2, 0.25) is 10.0 Å². The summed E-state index contributed by atoms with van der Waals surface area (Å²) in [6.07, 6.45) is 1.48. The summed E-state index contributed by atoms with van der Waals surface area (Å²) in [5.41, 5.74) is 7.03. The van der Waals surface area contributed by atoms with Crippen molar-refractivity contribution in [3.63, 3.8) is 0 Å². The molecular weight excluding hydrogens is 628 g/mol. The lowest BCUT2D eigenvalue weighted by molar-refractivity contribution is -0.137. The molecule has 0 bridgehead atoms. The van der Waals surface area contributed by atoms with Crippen molar-refractivity contribution in [1.29, 1.82) is 0 Å². The summed E-state index contributed by atoms with van der Waals surface area (Å²) in [5.74, 6) is 0.226. The summed E-state index contributed by atoms with van der Waals surface area (Å²) in [6.45, 7) is 2.71. The van der Waals surface area contributed by atoms with E-state index in [1.165, 1.54) is 5.56 Å². The van der Waals surface area contributed by atoms with Gasteiger partial charge >= 0.3 is 6.18 Å². The second-order valence-electron chi connectivity index (χ2n) is 11.8. The summed E-state index contributed by atoms with van der Waals surface area (Å²) in [4.78, 5) is 28.4. The van der Waals surface area contributed by atoms with E-state index in [0.717, 1.165) is 44.6 Å². The fourth-order valence-corrected chi connectivity index (χ4v) is 6.90. The third kappa shape index (κ3) is 7.13. The molecule has 2 aliphatic rings. The first kappa shape index (κ1) is 31.4. The molecule has 14 heteroatoms. The second kappa shape index (κ2) is 13.0. The van der Waals surface area contributed by atoms with Crippen LogP contribution in [0.4, 0.5) is 30.8 Å². The van der Waals surface area contributed by atoms with Crippen LogP contribution in [0.5, 0.6) is 0 Å². The molecule has 0 unspecified atom stereocenters. The number of amides is 1. The van der Waals surface area contributed by atoms with Crippen molar-refractivity contribution >= 4 is 57.9 Å². The fraction of sp³-hybridized carbons (Fsp3) is 0.419. The molecule has 1 saturated heterocycles. The Bertz CT molecular complexity index is 1650. The van der Waals surface area contributed by atoms with Crippen molar-refractivity contribution in [2.45, 2.75) is 63.3 Å². The summed E-state index contributed by atoms with van der Waals surface area (Å²) in [5, 5.41) is 6.18. The number of nitrogens with one attached hydrogen (secondary N) is 2. The quantitative estimate of drug-likeness (QED) is 0.183. The molecule has 6 rings (SSSR count). The Morgan fingerprint density at radius 2 is 1.73 bits per heavy atom. The number of fused-ring (bicyclic) bond motifs is 1. The lowest BCUT2D eigenvalue weighted by Crippen LogP contribution is -2.41. The second-order valence-corrected chi connectivity index (χ2v) is 12.6. The van der Waals surface area contributed by atoms with Crippen LogP contribution in [0.1, 0.15) is 55.7 Å². The molecule has 4 N–H and O–H groups in total. The molecule has 1 aliphatic heterocycles. The summed E-state index contributed by atoms with van der Waals surface area (Å²) >= 11 is 12.6. The summed E-state index contributed by atoms with van der Waals surface area (Å²) < 4.78 is 42.0. The van der Waals surface area contributed by atoms with E-state index in [-0.39, 0.29) is 39.6 Å². The van der Waals surface area contributed by atoms with E-state index in [1.54, 1.807) is 6.20 Å². The average molecular weight is 662 g/mol. The van der Waals surface area contributed by atoms with Crippen molar-refractivity contribution in [3.05, 3.63) is 69.8 Å². The molecule has 0 spiro atoms. The highest BCUT2D eigenvalue weighted by molar-refractivity contribution is 6.39. The Morgan fingerprint density at radius 3 is 2.40 bits per heavy atom. The van der Waals surface area contributed by atoms with Crippen LogP contribution in [0.15, 0.2) is 48.7 Å². The van der Waals surface area contributed by atoms with Crippen LogP contribution >= 0.6 is 23.2 Å². The van der Waals surface area contributed by atoms with Crippen LogP contribution in [0.25, 0.3) is 11.2 Å². The molecule has 0 radical (unpaired) electrons. The highest BCUT2D eigenvalue weighted by atomic mass is 35.5. The van der Waals surface area contributed by atoms with Crippen LogP contribution in [-0.4, -0.2) is 49.5 Å². The number of alkyl halides is 3. The molecule has 9 nitrogen and oxygen atoms in total. The first-order chi connectivity index (χ1) is 21.5. The largest absolute Gasteiger partial charge is 0.416 e. The number of imidazole rings is 1. The van der Waals surface area contributed by atoms with Gasteiger partial charge in [0.1, 0.15) is 5.52 Å². The zero-order valence-corrected chi connectivity index (χ0v) is 25.8. The van der Waals surface area contributed by atoms with Crippen LogP contribution in [0, 0.1) is 5.92 Å². The first-order valence-corrected chi connectivity index (χ1v) is 15.7. The van der Waals surface area contributed by atoms with Gasteiger partial charge in [-0.15, -0.1) is 0 Å². The summed E-state index contributed by atoms with van der Waals surface area (Å²) in [7, 11) is 0. The normalized spacial score (nSPS) is 21.1. The highest BCUT2D eigenvalue weighted by Gasteiger charge is 2.33. The maximum Gasteiger partial charge on any atom is 0.416 e. The number of hydrogen-bond donors (Lipinski definition) is 3. The van der Waals surface area contributed by atoms with Crippen LogP contribution < -0.4 is 16.4 Å². The maximum absolute atomic E-state index is 13.4. The van der Waals surface area contributed by atoms with Crippen molar-refractivity contribution in [3.8, 4) is 0 Å². The fourth-order valence-electron chi connectivity index (χ4n) is 6.32. The van der Waals surface area contributed by atoms with Gasteiger partial charge in [-0.25, -0.2) is 9.97 Å². The summed E-state index contributed by atoms with van der Waals surface area (Å²) in [6, 6.07) is 12.0. The molecule has 2 aromatic heterocycles. The number of halogens is 5. The van der Waals surface area contributed by atoms with Gasteiger partial charge in [-0.3, -0.25) is 14.3 Å². The number of likely N-dealkylation sites (tertiary alicyclic amines) is 1. The topological polar surface area (TPSA) is 114 Å². The Labute approximate surface area is 268 Å². The van der Waals surface area contributed by atoms with Crippen molar-refractivity contribution in [1.82, 2.24) is 24.4 Å².